The van der Waals surface area contributed by atoms with Gasteiger partial charge in [0.2, 0.25) is 5.88 Å². The number of aromatic nitrogens is 4. The summed E-state index contributed by atoms with van der Waals surface area (Å²) in [5, 5.41) is 6.97. The van der Waals surface area contributed by atoms with Crippen molar-refractivity contribution in [2.24, 2.45) is 0 Å². The van der Waals surface area contributed by atoms with Gasteiger partial charge in [0.25, 0.3) is 5.91 Å². The lowest BCUT2D eigenvalue weighted by Gasteiger charge is -2.10. The fourth-order valence-corrected chi connectivity index (χ4v) is 2.78. The minimum Gasteiger partial charge on any atom is -0.497 e. The van der Waals surface area contributed by atoms with E-state index in [4.69, 9.17) is 14.2 Å². The Morgan fingerprint density at radius 1 is 0.935 bits per heavy atom. The third-order valence-electron chi connectivity index (χ3n) is 4.31. The topological polar surface area (TPSA) is 100 Å². The molecule has 0 unspecified atom stereocenters. The summed E-state index contributed by atoms with van der Waals surface area (Å²) in [7, 11) is 3.07. The van der Waals surface area contributed by atoms with E-state index < -0.39 is 0 Å². The molecule has 4 rings (SSSR count). The molecule has 1 N–H and O–H groups in total. The number of hydrogen-bond acceptors (Lipinski definition) is 7. The molecule has 0 aliphatic heterocycles. The zero-order chi connectivity index (χ0) is 21.6. The van der Waals surface area contributed by atoms with Gasteiger partial charge in [-0.15, -0.1) is 0 Å². The van der Waals surface area contributed by atoms with E-state index in [-0.39, 0.29) is 5.91 Å². The highest BCUT2D eigenvalue weighted by Gasteiger charge is 2.11. The number of rotatable bonds is 7. The van der Waals surface area contributed by atoms with Crippen LogP contribution in [0.5, 0.6) is 23.1 Å². The molecule has 2 aromatic carbocycles. The van der Waals surface area contributed by atoms with E-state index in [9.17, 15) is 4.79 Å². The maximum Gasteiger partial charge on any atom is 0.255 e. The van der Waals surface area contributed by atoms with Crippen molar-refractivity contribution < 1.29 is 19.0 Å². The largest absolute Gasteiger partial charge is 0.497 e. The van der Waals surface area contributed by atoms with E-state index in [0.717, 1.165) is 0 Å². The van der Waals surface area contributed by atoms with Crippen LogP contribution in [0.4, 0.5) is 5.69 Å². The zero-order valence-corrected chi connectivity index (χ0v) is 16.9. The van der Waals surface area contributed by atoms with Crippen LogP contribution in [0.1, 0.15) is 10.4 Å². The van der Waals surface area contributed by atoms with Crippen molar-refractivity contribution in [2.75, 3.05) is 19.5 Å². The average Bonchev–Trinajstić information content (AvgIpc) is 3.35. The number of nitrogens with zero attached hydrogens (tertiary/aromatic N) is 4. The fraction of sp³-hybridized carbons (Fsp3) is 0.0909. The zero-order valence-electron chi connectivity index (χ0n) is 16.9. The van der Waals surface area contributed by atoms with Crippen LogP contribution in [0.15, 0.2) is 73.3 Å². The molecule has 9 nitrogen and oxygen atoms in total. The average molecular weight is 417 g/mol. The molecule has 2 aromatic heterocycles. The van der Waals surface area contributed by atoms with Gasteiger partial charge in [0, 0.05) is 35.8 Å². The van der Waals surface area contributed by atoms with E-state index in [1.807, 2.05) is 0 Å². The molecule has 0 radical (unpaired) electrons. The highest BCUT2D eigenvalue weighted by Crippen LogP contribution is 2.25. The second-order valence-corrected chi connectivity index (χ2v) is 6.35. The SMILES string of the molecule is COc1cc(OC)cc(C(=O)Nc2ccc(Oc3cc(-n4cccn4)ncn3)cc2)c1. The normalized spacial score (nSPS) is 10.4. The van der Waals surface area contributed by atoms with Crippen LogP contribution in [-0.2, 0) is 0 Å². The number of benzene rings is 2. The van der Waals surface area contributed by atoms with Gasteiger partial charge in [-0.2, -0.15) is 5.10 Å². The quantitative estimate of drug-likeness (QED) is 0.489. The van der Waals surface area contributed by atoms with E-state index >= 15 is 0 Å². The molecule has 1 amide bonds. The van der Waals surface area contributed by atoms with Gasteiger partial charge in [-0.05, 0) is 42.5 Å². The summed E-state index contributed by atoms with van der Waals surface area (Å²) < 4.78 is 17.8. The molecule has 0 aliphatic rings. The van der Waals surface area contributed by atoms with Crippen LogP contribution in [-0.4, -0.2) is 39.9 Å². The van der Waals surface area contributed by atoms with E-state index in [0.29, 0.717) is 40.2 Å². The molecule has 0 fully saturated rings. The Balaban J connectivity index is 1.44. The van der Waals surface area contributed by atoms with Crippen molar-refractivity contribution in [1.29, 1.82) is 0 Å². The van der Waals surface area contributed by atoms with Gasteiger partial charge >= 0.3 is 0 Å². The minimum absolute atomic E-state index is 0.287. The summed E-state index contributed by atoms with van der Waals surface area (Å²) in [5.41, 5.74) is 1.03. The number of hydrogen-bond donors (Lipinski definition) is 1. The van der Waals surface area contributed by atoms with Gasteiger partial charge in [-0.1, -0.05) is 0 Å². The lowest BCUT2D eigenvalue weighted by Crippen LogP contribution is -2.12. The molecule has 31 heavy (non-hydrogen) atoms. The smallest absolute Gasteiger partial charge is 0.255 e. The highest BCUT2D eigenvalue weighted by molar-refractivity contribution is 6.04. The van der Waals surface area contributed by atoms with Crippen LogP contribution in [0.25, 0.3) is 5.82 Å². The molecular formula is C22H19N5O4. The molecule has 2 heterocycles. The van der Waals surface area contributed by atoms with Gasteiger partial charge < -0.3 is 19.5 Å². The summed E-state index contributed by atoms with van der Waals surface area (Å²) in [6, 6.07) is 15.4. The number of anilines is 1. The van der Waals surface area contributed by atoms with Gasteiger partial charge in [0.05, 0.1) is 14.2 Å². The molecule has 0 saturated carbocycles. The van der Waals surface area contributed by atoms with Crippen LogP contribution in [0.3, 0.4) is 0 Å². The number of carbonyl (C=O) groups excluding carboxylic acids is 1. The molecule has 0 saturated heterocycles. The first kappa shape index (κ1) is 19.9. The third-order valence-corrected chi connectivity index (χ3v) is 4.31. The number of nitrogens with one attached hydrogen (secondary N) is 1. The lowest BCUT2D eigenvalue weighted by molar-refractivity contribution is 0.102. The maximum absolute atomic E-state index is 12.6. The molecule has 0 aliphatic carbocycles. The van der Waals surface area contributed by atoms with Crippen LogP contribution >= 0.6 is 0 Å². The van der Waals surface area contributed by atoms with Crippen molar-refractivity contribution in [1.82, 2.24) is 19.7 Å². The van der Waals surface area contributed by atoms with Gasteiger partial charge in [-0.3, -0.25) is 4.79 Å². The molecule has 0 atom stereocenters. The van der Waals surface area contributed by atoms with E-state index in [2.05, 4.69) is 20.4 Å². The standard InChI is InChI=1S/C22H19N5O4/c1-29-18-10-15(11-19(12-18)30-2)22(28)26-16-4-6-17(7-5-16)31-21-13-20(23-14-24-21)27-9-3-8-25-27/h3-14H,1-2H3,(H,26,28). The maximum atomic E-state index is 12.6. The predicted molar refractivity (Wildman–Crippen MR) is 113 cm³/mol. The van der Waals surface area contributed by atoms with Crippen LogP contribution < -0.4 is 19.5 Å². The Hall–Kier alpha value is -4.40. The van der Waals surface area contributed by atoms with Crippen molar-refractivity contribution in [2.45, 2.75) is 0 Å². The Labute approximate surface area is 178 Å². The number of methoxy groups -OCH3 is 2. The fourth-order valence-electron chi connectivity index (χ4n) is 2.78. The molecule has 0 bridgehead atoms. The van der Waals surface area contributed by atoms with Crippen molar-refractivity contribution in [3.63, 3.8) is 0 Å². The van der Waals surface area contributed by atoms with Crippen molar-refractivity contribution in [3.05, 3.63) is 78.9 Å². The summed E-state index contributed by atoms with van der Waals surface area (Å²) in [6.45, 7) is 0. The first-order valence-corrected chi connectivity index (χ1v) is 9.29. The Morgan fingerprint density at radius 2 is 1.68 bits per heavy atom. The Bertz CT molecular complexity index is 1150. The van der Waals surface area contributed by atoms with E-state index in [1.54, 1.807) is 71.7 Å². The lowest BCUT2D eigenvalue weighted by atomic mass is 10.1. The van der Waals surface area contributed by atoms with Gasteiger partial charge in [0.15, 0.2) is 5.82 Å². The number of ether oxygens (including phenoxy) is 3. The van der Waals surface area contributed by atoms with Crippen molar-refractivity contribution in [3.8, 4) is 28.9 Å². The predicted octanol–water partition coefficient (Wildman–Crippen LogP) is 3.72. The summed E-state index contributed by atoms with van der Waals surface area (Å²) in [4.78, 5) is 20.9. The second kappa shape index (κ2) is 8.95. The Kier molecular flexibility index (Phi) is 5.75. The molecule has 156 valence electrons. The number of carbonyl (C=O) groups is 1. The highest BCUT2D eigenvalue weighted by atomic mass is 16.5. The monoisotopic (exact) mass is 417 g/mol. The van der Waals surface area contributed by atoms with Crippen LogP contribution in [0, 0.1) is 0 Å². The molecule has 4 aromatic rings. The van der Waals surface area contributed by atoms with Gasteiger partial charge in [0.1, 0.15) is 23.6 Å². The summed E-state index contributed by atoms with van der Waals surface area (Å²) >= 11 is 0. The number of amides is 1. The van der Waals surface area contributed by atoms with E-state index in [1.165, 1.54) is 20.5 Å². The summed E-state index contributed by atoms with van der Waals surface area (Å²) in [6.07, 6.45) is 4.85. The first-order valence-electron chi connectivity index (χ1n) is 9.29. The Morgan fingerprint density at radius 3 is 2.32 bits per heavy atom. The van der Waals surface area contributed by atoms with Gasteiger partial charge in [-0.25, -0.2) is 14.6 Å². The summed E-state index contributed by atoms with van der Waals surface area (Å²) in [5.74, 6) is 2.31. The second-order valence-electron chi connectivity index (χ2n) is 6.35. The molecular weight excluding hydrogens is 398 g/mol. The third kappa shape index (κ3) is 4.78. The van der Waals surface area contributed by atoms with Crippen molar-refractivity contribution >= 4 is 11.6 Å². The van der Waals surface area contributed by atoms with Crippen LogP contribution in [0.2, 0.25) is 0 Å². The molecule has 9 heteroatoms. The molecule has 0 spiro atoms. The first-order chi connectivity index (χ1) is 15.1. The minimum atomic E-state index is -0.287.